The van der Waals surface area contributed by atoms with Crippen LogP contribution in [0.15, 0.2) is 71.0 Å². The SMILES string of the molecule is C=C(NC(=O)c1ccc(Cl)cc1)C1=NN=C(c2ccc(OC(F)(F)F)cc2)CO1. The Hall–Kier alpha value is -3.33. The molecule has 1 amide bonds. The number of hydrogen-bond acceptors (Lipinski definition) is 5. The second kappa shape index (κ2) is 8.36. The Bertz CT molecular complexity index is 984. The van der Waals surface area contributed by atoms with E-state index in [9.17, 15) is 18.0 Å². The van der Waals surface area contributed by atoms with E-state index in [-0.39, 0.29) is 24.0 Å². The maximum absolute atomic E-state index is 12.2. The molecule has 6 nitrogen and oxygen atoms in total. The molecule has 29 heavy (non-hydrogen) atoms. The molecule has 0 saturated carbocycles. The fraction of sp³-hybridized carbons (Fsp3) is 0.105. The van der Waals surface area contributed by atoms with Crippen molar-refractivity contribution in [3.05, 3.63) is 77.0 Å². The maximum atomic E-state index is 12.2. The molecule has 1 aliphatic heterocycles. The average molecular weight is 424 g/mol. The van der Waals surface area contributed by atoms with Crippen molar-refractivity contribution >= 4 is 29.1 Å². The molecule has 0 atom stereocenters. The highest BCUT2D eigenvalue weighted by Gasteiger charge is 2.31. The molecule has 2 aromatic carbocycles. The third kappa shape index (κ3) is 5.58. The van der Waals surface area contributed by atoms with E-state index in [4.69, 9.17) is 16.3 Å². The van der Waals surface area contributed by atoms with Crippen molar-refractivity contribution in [3.63, 3.8) is 0 Å². The molecular weight excluding hydrogens is 411 g/mol. The molecule has 0 aliphatic carbocycles. The number of halogens is 4. The smallest absolute Gasteiger partial charge is 0.469 e. The van der Waals surface area contributed by atoms with Crippen molar-refractivity contribution in [1.82, 2.24) is 5.32 Å². The van der Waals surface area contributed by atoms with Gasteiger partial charge in [0, 0.05) is 16.1 Å². The van der Waals surface area contributed by atoms with Gasteiger partial charge in [-0.1, -0.05) is 18.2 Å². The number of hydrogen-bond donors (Lipinski definition) is 1. The van der Waals surface area contributed by atoms with Gasteiger partial charge in [0.2, 0.25) is 0 Å². The number of nitrogens with one attached hydrogen (secondary N) is 1. The van der Waals surface area contributed by atoms with Crippen molar-refractivity contribution in [2.24, 2.45) is 10.2 Å². The van der Waals surface area contributed by atoms with Crippen LogP contribution in [0.5, 0.6) is 5.75 Å². The van der Waals surface area contributed by atoms with Crippen LogP contribution in [0, 0.1) is 0 Å². The zero-order valence-electron chi connectivity index (χ0n) is 14.7. The lowest BCUT2D eigenvalue weighted by Crippen LogP contribution is -2.30. The van der Waals surface area contributed by atoms with Gasteiger partial charge in [-0.05, 0) is 48.5 Å². The Balaban J connectivity index is 1.64. The van der Waals surface area contributed by atoms with Gasteiger partial charge in [0.25, 0.3) is 11.8 Å². The predicted molar refractivity (Wildman–Crippen MR) is 101 cm³/mol. The Kier molecular flexibility index (Phi) is 5.88. The molecule has 0 spiro atoms. The van der Waals surface area contributed by atoms with Crippen molar-refractivity contribution < 1.29 is 27.4 Å². The first-order valence-corrected chi connectivity index (χ1v) is 8.49. The minimum atomic E-state index is -4.76. The molecule has 0 aromatic heterocycles. The summed E-state index contributed by atoms with van der Waals surface area (Å²) in [6, 6.07) is 11.4. The third-order valence-corrected chi connectivity index (χ3v) is 3.91. The number of alkyl halides is 3. The number of amides is 1. The van der Waals surface area contributed by atoms with E-state index in [1.807, 2.05) is 0 Å². The summed E-state index contributed by atoms with van der Waals surface area (Å²) in [5.74, 6) is -0.748. The van der Waals surface area contributed by atoms with E-state index >= 15 is 0 Å². The lowest BCUT2D eigenvalue weighted by Gasteiger charge is -2.16. The summed E-state index contributed by atoms with van der Waals surface area (Å²) in [5.41, 5.74) is 1.39. The molecule has 10 heteroatoms. The van der Waals surface area contributed by atoms with Crippen LogP contribution in [0.4, 0.5) is 13.2 Å². The highest BCUT2D eigenvalue weighted by molar-refractivity contribution is 6.30. The molecule has 1 heterocycles. The number of benzene rings is 2. The van der Waals surface area contributed by atoms with Gasteiger partial charge in [-0.15, -0.1) is 23.4 Å². The number of carbonyl (C=O) groups is 1. The number of carbonyl (C=O) groups excluding carboxylic acids is 1. The van der Waals surface area contributed by atoms with Crippen molar-refractivity contribution in [1.29, 1.82) is 0 Å². The average Bonchev–Trinajstić information content (AvgIpc) is 2.68. The van der Waals surface area contributed by atoms with Gasteiger partial charge in [0.1, 0.15) is 18.1 Å². The van der Waals surface area contributed by atoms with Crippen LogP contribution in [-0.4, -0.2) is 30.5 Å². The van der Waals surface area contributed by atoms with E-state index in [0.717, 1.165) is 12.1 Å². The first-order valence-electron chi connectivity index (χ1n) is 8.11. The van der Waals surface area contributed by atoms with Crippen LogP contribution in [0.2, 0.25) is 5.02 Å². The minimum Gasteiger partial charge on any atom is -0.469 e. The maximum Gasteiger partial charge on any atom is 0.573 e. The van der Waals surface area contributed by atoms with E-state index in [2.05, 4.69) is 26.8 Å². The van der Waals surface area contributed by atoms with Crippen LogP contribution in [0.3, 0.4) is 0 Å². The van der Waals surface area contributed by atoms with Crippen molar-refractivity contribution in [3.8, 4) is 5.75 Å². The largest absolute Gasteiger partial charge is 0.573 e. The molecule has 0 unspecified atom stereocenters. The lowest BCUT2D eigenvalue weighted by molar-refractivity contribution is -0.274. The summed E-state index contributed by atoms with van der Waals surface area (Å²) in [7, 11) is 0. The number of nitrogens with zero attached hydrogens (tertiary/aromatic N) is 2. The quantitative estimate of drug-likeness (QED) is 0.778. The molecule has 0 fully saturated rings. The molecule has 0 saturated heterocycles. The van der Waals surface area contributed by atoms with Gasteiger partial charge in [0.15, 0.2) is 0 Å². The Morgan fingerprint density at radius 1 is 1.10 bits per heavy atom. The Labute approximate surface area is 168 Å². The Morgan fingerprint density at radius 3 is 2.31 bits per heavy atom. The summed E-state index contributed by atoms with van der Waals surface area (Å²) in [6.07, 6.45) is -4.76. The van der Waals surface area contributed by atoms with Crippen LogP contribution >= 0.6 is 11.6 Å². The minimum absolute atomic E-state index is 0.00581. The lowest BCUT2D eigenvalue weighted by atomic mass is 10.1. The predicted octanol–water partition coefficient (Wildman–Crippen LogP) is 4.32. The summed E-state index contributed by atoms with van der Waals surface area (Å²) in [4.78, 5) is 12.2. The highest BCUT2D eigenvalue weighted by atomic mass is 35.5. The van der Waals surface area contributed by atoms with Gasteiger partial charge in [-0.2, -0.15) is 0 Å². The van der Waals surface area contributed by atoms with Crippen LogP contribution < -0.4 is 10.1 Å². The van der Waals surface area contributed by atoms with Crippen molar-refractivity contribution in [2.45, 2.75) is 6.36 Å². The zero-order chi connectivity index (χ0) is 21.0. The van der Waals surface area contributed by atoms with Gasteiger partial charge >= 0.3 is 6.36 Å². The summed E-state index contributed by atoms with van der Waals surface area (Å²) < 4.78 is 45.9. The normalized spacial score (nSPS) is 13.7. The molecule has 1 aliphatic rings. The van der Waals surface area contributed by atoms with E-state index < -0.39 is 12.3 Å². The van der Waals surface area contributed by atoms with Crippen molar-refractivity contribution in [2.75, 3.05) is 6.61 Å². The molecule has 0 radical (unpaired) electrons. The van der Waals surface area contributed by atoms with Gasteiger partial charge < -0.3 is 14.8 Å². The first-order chi connectivity index (χ1) is 13.7. The summed E-state index contributed by atoms with van der Waals surface area (Å²) in [5, 5.41) is 10.9. The second-order valence-electron chi connectivity index (χ2n) is 5.75. The van der Waals surface area contributed by atoms with Gasteiger partial charge in [0.05, 0.1) is 5.70 Å². The molecule has 2 aromatic rings. The third-order valence-electron chi connectivity index (χ3n) is 3.66. The Morgan fingerprint density at radius 2 is 1.76 bits per heavy atom. The van der Waals surface area contributed by atoms with Crippen LogP contribution in [-0.2, 0) is 4.74 Å². The van der Waals surface area contributed by atoms with Gasteiger partial charge in [-0.3, -0.25) is 4.79 Å². The summed E-state index contributed by atoms with van der Waals surface area (Å²) >= 11 is 5.78. The molecular formula is C19H13ClF3N3O3. The van der Waals surface area contributed by atoms with Crippen LogP contribution in [0.1, 0.15) is 15.9 Å². The fourth-order valence-corrected chi connectivity index (χ4v) is 2.43. The van der Waals surface area contributed by atoms with Crippen LogP contribution in [0.25, 0.3) is 0 Å². The number of rotatable bonds is 5. The van der Waals surface area contributed by atoms with E-state index in [1.165, 1.54) is 12.1 Å². The molecule has 150 valence electrons. The first kappa shape index (κ1) is 20.4. The highest BCUT2D eigenvalue weighted by Crippen LogP contribution is 2.23. The van der Waals surface area contributed by atoms with E-state index in [0.29, 0.717) is 21.9 Å². The molecule has 1 N–H and O–H groups in total. The monoisotopic (exact) mass is 423 g/mol. The second-order valence-corrected chi connectivity index (χ2v) is 6.19. The molecule has 3 rings (SSSR count). The molecule has 0 bridgehead atoms. The standard InChI is InChI=1S/C19H13ClF3N3O3/c1-11(24-17(27)13-2-6-14(20)7-3-13)18-26-25-16(10-28-18)12-4-8-15(9-5-12)29-19(21,22)23/h2-9H,1,10H2,(H,24,27). The fourth-order valence-electron chi connectivity index (χ4n) is 2.30. The summed E-state index contributed by atoms with van der Waals surface area (Å²) in [6.45, 7) is 3.69. The number of ether oxygens (including phenoxy) is 2. The van der Waals surface area contributed by atoms with E-state index in [1.54, 1.807) is 24.3 Å². The zero-order valence-corrected chi connectivity index (χ0v) is 15.4. The van der Waals surface area contributed by atoms with Gasteiger partial charge in [-0.25, -0.2) is 0 Å². The topological polar surface area (TPSA) is 72.3 Å².